The van der Waals surface area contributed by atoms with E-state index in [0.29, 0.717) is 0 Å². The number of benzene rings is 1. The molecular weight excluding hydrogens is 314 g/mol. The van der Waals surface area contributed by atoms with E-state index in [1.807, 2.05) is 23.1 Å². The first-order chi connectivity index (χ1) is 12.1. The number of ether oxygens (including phenoxy) is 1. The zero-order valence-electron chi connectivity index (χ0n) is 15.6. The van der Waals surface area contributed by atoms with E-state index in [1.54, 1.807) is 7.11 Å². The van der Waals surface area contributed by atoms with Crippen LogP contribution in [0.3, 0.4) is 0 Å². The summed E-state index contributed by atoms with van der Waals surface area (Å²) in [5, 5.41) is 1.15. The number of rotatable bonds is 5. The lowest BCUT2D eigenvalue weighted by Crippen LogP contribution is -2.35. The number of methoxy groups -OCH3 is 1. The molecule has 0 unspecified atom stereocenters. The van der Waals surface area contributed by atoms with E-state index in [9.17, 15) is 4.79 Å². The minimum atomic E-state index is 0.152. The summed E-state index contributed by atoms with van der Waals surface area (Å²) in [5.74, 6) is 0.152. The van der Waals surface area contributed by atoms with E-state index >= 15 is 0 Å². The maximum Gasteiger partial charge on any atom is 0.253 e. The summed E-state index contributed by atoms with van der Waals surface area (Å²) in [6, 6.07) is 6.01. The Balaban J connectivity index is 1.67. The Kier molecular flexibility index (Phi) is 5.76. The quantitative estimate of drug-likeness (QED) is 0.849. The highest BCUT2D eigenvalue weighted by molar-refractivity contribution is 5.99. The first-order valence-electron chi connectivity index (χ1n) is 9.19. The normalized spacial score (nSPS) is 16.4. The number of aromatic amines is 1. The molecule has 5 nitrogen and oxygen atoms in total. The van der Waals surface area contributed by atoms with E-state index in [1.165, 1.54) is 11.3 Å². The van der Waals surface area contributed by atoms with Gasteiger partial charge in [-0.1, -0.05) is 0 Å². The molecule has 2 heterocycles. The van der Waals surface area contributed by atoms with Crippen molar-refractivity contribution < 1.29 is 9.53 Å². The number of aromatic nitrogens is 1. The average molecular weight is 343 g/mol. The van der Waals surface area contributed by atoms with E-state index in [2.05, 4.69) is 23.7 Å². The van der Waals surface area contributed by atoms with Gasteiger partial charge in [-0.3, -0.25) is 4.79 Å². The Labute approximate surface area is 149 Å². The smallest absolute Gasteiger partial charge is 0.253 e. The SMILES string of the molecule is COCCCN1CCCN(C(=O)c2ccc3[nH]c(C)c(C)c3c2)CC1. The van der Waals surface area contributed by atoms with Gasteiger partial charge in [0.15, 0.2) is 0 Å². The van der Waals surface area contributed by atoms with Gasteiger partial charge in [-0.2, -0.15) is 0 Å². The zero-order valence-corrected chi connectivity index (χ0v) is 15.6. The van der Waals surface area contributed by atoms with Crippen molar-refractivity contribution in [2.75, 3.05) is 46.4 Å². The van der Waals surface area contributed by atoms with Crippen molar-refractivity contribution >= 4 is 16.8 Å². The molecule has 0 bridgehead atoms. The van der Waals surface area contributed by atoms with Crippen LogP contribution in [0.1, 0.15) is 34.5 Å². The minimum Gasteiger partial charge on any atom is -0.385 e. The number of carbonyl (C=O) groups is 1. The lowest BCUT2D eigenvalue weighted by Gasteiger charge is -2.22. The molecule has 1 amide bonds. The Morgan fingerprint density at radius 1 is 1.20 bits per heavy atom. The largest absolute Gasteiger partial charge is 0.385 e. The fraction of sp³-hybridized carbons (Fsp3) is 0.550. The third kappa shape index (κ3) is 4.05. The summed E-state index contributed by atoms with van der Waals surface area (Å²) in [6.07, 6.45) is 2.08. The molecule has 1 aromatic heterocycles. The third-order valence-electron chi connectivity index (χ3n) is 5.25. The van der Waals surface area contributed by atoms with E-state index < -0.39 is 0 Å². The van der Waals surface area contributed by atoms with Crippen LogP contribution in [0, 0.1) is 13.8 Å². The van der Waals surface area contributed by atoms with Crippen molar-refractivity contribution in [3.05, 3.63) is 35.0 Å². The van der Waals surface area contributed by atoms with Gasteiger partial charge in [0, 0.05) is 62.1 Å². The Hall–Kier alpha value is -1.85. The van der Waals surface area contributed by atoms with Crippen molar-refractivity contribution in [1.82, 2.24) is 14.8 Å². The second kappa shape index (κ2) is 8.02. The van der Waals surface area contributed by atoms with Gasteiger partial charge < -0.3 is 19.5 Å². The van der Waals surface area contributed by atoms with Gasteiger partial charge in [-0.25, -0.2) is 0 Å². The first kappa shape index (κ1) is 18.0. The summed E-state index contributed by atoms with van der Waals surface area (Å²) >= 11 is 0. The number of hydrogen-bond donors (Lipinski definition) is 1. The molecule has 0 saturated carbocycles. The fourth-order valence-electron chi connectivity index (χ4n) is 3.61. The highest BCUT2D eigenvalue weighted by Gasteiger charge is 2.20. The number of nitrogens with zero attached hydrogens (tertiary/aromatic N) is 2. The summed E-state index contributed by atoms with van der Waals surface area (Å²) in [6.45, 7) is 9.66. The maximum atomic E-state index is 13.0. The van der Waals surface area contributed by atoms with Gasteiger partial charge in [0.05, 0.1) is 0 Å². The molecule has 1 saturated heterocycles. The first-order valence-corrected chi connectivity index (χ1v) is 9.19. The Morgan fingerprint density at radius 3 is 2.84 bits per heavy atom. The Morgan fingerprint density at radius 2 is 2.04 bits per heavy atom. The molecule has 25 heavy (non-hydrogen) atoms. The van der Waals surface area contributed by atoms with Gasteiger partial charge in [0.2, 0.25) is 0 Å². The molecule has 0 atom stereocenters. The number of aryl methyl sites for hydroxylation is 2. The average Bonchev–Trinajstić information content (AvgIpc) is 2.79. The lowest BCUT2D eigenvalue weighted by atomic mass is 10.1. The molecule has 2 aromatic rings. The second-order valence-electron chi connectivity index (χ2n) is 6.97. The van der Waals surface area contributed by atoms with Crippen LogP contribution in [0.2, 0.25) is 0 Å². The Bertz CT molecular complexity index is 738. The molecule has 0 spiro atoms. The van der Waals surface area contributed by atoms with Crippen LogP contribution in [0.25, 0.3) is 10.9 Å². The number of nitrogens with one attached hydrogen (secondary N) is 1. The van der Waals surface area contributed by atoms with Crippen LogP contribution in [0.15, 0.2) is 18.2 Å². The van der Waals surface area contributed by atoms with Crippen LogP contribution >= 0.6 is 0 Å². The molecule has 1 aliphatic rings. The molecular formula is C20H29N3O2. The summed E-state index contributed by atoms with van der Waals surface area (Å²) in [7, 11) is 1.74. The van der Waals surface area contributed by atoms with Gasteiger partial charge in [0.25, 0.3) is 5.91 Å². The van der Waals surface area contributed by atoms with Crippen LogP contribution in [0.4, 0.5) is 0 Å². The summed E-state index contributed by atoms with van der Waals surface area (Å²) in [4.78, 5) is 20.8. The van der Waals surface area contributed by atoms with Crippen LogP contribution in [0.5, 0.6) is 0 Å². The number of carbonyl (C=O) groups excluding carboxylic acids is 1. The maximum absolute atomic E-state index is 13.0. The topological polar surface area (TPSA) is 48.6 Å². The van der Waals surface area contributed by atoms with Gasteiger partial charge >= 0.3 is 0 Å². The minimum absolute atomic E-state index is 0.152. The van der Waals surface area contributed by atoms with Crippen molar-refractivity contribution in [3.8, 4) is 0 Å². The fourth-order valence-corrected chi connectivity index (χ4v) is 3.61. The molecule has 136 valence electrons. The molecule has 0 aliphatic carbocycles. The molecule has 1 fully saturated rings. The van der Waals surface area contributed by atoms with Crippen molar-refractivity contribution in [3.63, 3.8) is 0 Å². The molecule has 1 N–H and O–H groups in total. The van der Waals surface area contributed by atoms with Crippen LogP contribution in [-0.4, -0.2) is 67.1 Å². The van der Waals surface area contributed by atoms with Crippen molar-refractivity contribution in [2.45, 2.75) is 26.7 Å². The van der Waals surface area contributed by atoms with Crippen LogP contribution in [-0.2, 0) is 4.74 Å². The molecule has 1 aromatic carbocycles. The van der Waals surface area contributed by atoms with Gasteiger partial charge in [-0.15, -0.1) is 0 Å². The van der Waals surface area contributed by atoms with E-state index in [4.69, 9.17) is 4.74 Å². The monoisotopic (exact) mass is 343 g/mol. The number of fused-ring (bicyclic) bond motifs is 1. The molecule has 5 heteroatoms. The van der Waals surface area contributed by atoms with Crippen LogP contribution < -0.4 is 0 Å². The molecule has 3 rings (SSSR count). The van der Waals surface area contributed by atoms with E-state index in [-0.39, 0.29) is 5.91 Å². The predicted octanol–water partition coefficient (Wildman–Crippen LogP) is 2.97. The third-order valence-corrected chi connectivity index (χ3v) is 5.25. The number of hydrogen-bond acceptors (Lipinski definition) is 3. The molecule has 1 aliphatic heterocycles. The summed E-state index contributed by atoms with van der Waals surface area (Å²) < 4.78 is 5.13. The van der Waals surface area contributed by atoms with E-state index in [0.717, 1.165) is 68.6 Å². The number of amides is 1. The highest BCUT2D eigenvalue weighted by atomic mass is 16.5. The lowest BCUT2D eigenvalue weighted by molar-refractivity contribution is 0.0761. The van der Waals surface area contributed by atoms with Gasteiger partial charge in [0.1, 0.15) is 0 Å². The standard InChI is InChI=1S/C20H29N3O2/c1-15-16(2)21-19-7-6-17(14-18(15)19)20(24)23-10-4-8-22(11-12-23)9-5-13-25-3/h6-7,14,21H,4-5,8-13H2,1-3H3. The predicted molar refractivity (Wildman–Crippen MR) is 101 cm³/mol. The highest BCUT2D eigenvalue weighted by Crippen LogP contribution is 2.23. The zero-order chi connectivity index (χ0) is 17.8. The van der Waals surface area contributed by atoms with Gasteiger partial charge in [-0.05, 0) is 57.0 Å². The summed E-state index contributed by atoms with van der Waals surface area (Å²) in [5.41, 5.74) is 4.29. The number of H-pyrrole nitrogens is 1. The van der Waals surface area contributed by atoms with Crippen molar-refractivity contribution in [1.29, 1.82) is 0 Å². The van der Waals surface area contributed by atoms with Crippen molar-refractivity contribution in [2.24, 2.45) is 0 Å². The second-order valence-corrected chi connectivity index (χ2v) is 6.97. The molecule has 0 radical (unpaired) electrons.